The Hall–Kier alpha value is -1.76. The zero-order valence-electron chi connectivity index (χ0n) is 13.8. The SMILES string of the molecule is CCOc1cc(C)ccc1CN=C(N)Nc1ccc(C)cc1.I. The number of aliphatic imine (C=N–C) groups is 1. The maximum atomic E-state index is 5.94. The Morgan fingerprint density at radius 2 is 1.74 bits per heavy atom. The zero-order chi connectivity index (χ0) is 15.9. The molecule has 0 heterocycles. The third-order valence-electron chi connectivity index (χ3n) is 3.27. The van der Waals surface area contributed by atoms with E-state index in [1.165, 1.54) is 11.1 Å². The van der Waals surface area contributed by atoms with E-state index >= 15 is 0 Å². The van der Waals surface area contributed by atoms with E-state index in [1.54, 1.807) is 0 Å². The second-order valence-corrected chi connectivity index (χ2v) is 5.24. The van der Waals surface area contributed by atoms with Gasteiger partial charge in [-0.05, 0) is 44.5 Å². The number of nitrogens with zero attached hydrogens (tertiary/aromatic N) is 1. The molecular formula is C18H24IN3O. The summed E-state index contributed by atoms with van der Waals surface area (Å²) < 4.78 is 5.65. The molecule has 3 N–H and O–H groups in total. The summed E-state index contributed by atoms with van der Waals surface area (Å²) in [5, 5.41) is 3.09. The molecule has 0 radical (unpaired) electrons. The number of hydrogen-bond donors (Lipinski definition) is 2. The van der Waals surface area contributed by atoms with E-state index in [4.69, 9.17) is 10.5 Å². The number of hydrogen-bond acceptors (Lipinski definition) is 2. The molecule has 2 aromatic rings. The lowest BCUT2D eigenvalue weighted by Gasteiger charge is -2.10. The van der Waals surface area contributed by atoms with Crippen molar-refractivity contribution in [1.29, 1.82) is 0 Å². The summed E-state index contributed by atoms with van der Waals surface area (Å²) in [5.41, 5.74) is 10.3. The molecule has 4 nitrogen and oxygen atoms in total. The molecule has 0 fully saturated rings. The predicted octanol–water partition coefficient (Wildman–Crippen LogP) is 4.25. The molecule has 2 aromatic carbocycles. The van der Waals surface area contributed by atoms with Gasteiger partial charge in [-0.1, -0.05) is 29.8 Å². The summed E-state index contributed by atoms with van der Waals surface area (Å²) in [6, 6.07) is 14.1. The Kier molecular flexibility index (Phi) is 7.88. The molecule has 23 heavy (non-hydrogen) atoms. The average molecular weight is 425 g/mol. The van der Waals surface area contributed by atoms with Gasteiger partial charge in [-0.3, -0.25) is 0 Å². The van der Waals surface area contributed by atoms with Gasteiger partial charge in [0.05, 0.1) is 13.2 Å². The third-order valence-corrected chi connectivity index (χ3v) is 3.27. The van der Waals surface area contributed by atoms with Gasteiger partial charge < -0.3 is 15.8 Å². The van der Waals surface area contributed by atoms with Crippen molar-refractivity contribution in [2.75, 3.05) is 11.9 Å². The highest BCUT2D eigenvalue weighted by Crippen LogP contribution is 2.21. The van der Waals surface area contributed by atoms with E-state index < -0.39 is 0 Å². The largest absolute Gasteiger partial charge is 0.494 e. The lowest BCUT2D eigenvalue weighted by atomic mass is 10.1. The molecule has 0 aromatic heterocycles. The van der Waals surface area contributed by atoms with Crippen LogP contribution in [0, 0.1) is 13.8 Å². The molecule has 0 saturated carbocycles. The van der Waals surface area contributed by atoms with Crippen LogP contribution < -0.4 is 15.8 Å². The molecule has 2 rings (SSSR count). The first-order chi connectivity index (χ1) is 10.6. The van der Waals surface area contributed by atoms with Crippen molar-refractivity contribution in [3.8, 4) is 5.75 Å². The minimum Gasteiger partial charge on any atom is -0.494 e. The predicted molar refractivity (Wildman–Crippen MR) is 108 cm³/mol. The second kappa shape index (κ2) is 9.39. The Balaban J connectivity index is 0.00000264. The van der Waals surface area contributed by atoms with Crippen molar-refractivity contribution in [3.05, 3.63) is 59.2 Å². The van der Waals surface area contributed by atoms with Crippen LogP contribution in [-0.2, 0) is 6.54 Å². The molecule has 5 heteroatoms. The molecule has 0 atom stereocenters. The second-order valence-electron chi connectivity index (χ2n) is 5.24. The van der Waals surface area contributed by atoms with E-state index in [0.717, 1.165) is 17.0 Å². The van der Waals surface area contributed by atoms with Crippen molar-refractivity contribution in [2.45, 2.75) is 27.3 Å². The minimum absolute atomic E-state index is 0. The van der Waals surface area contributed by atoms with Crippen LogP contribution in [0.1, 0.15) is 23.6 Å². The van der Waals surface area contributed by atoms with Crippen LogP contribution in [0.3, 0.4) is 0 Å². The Morgan fingerprint density at radius 3 is 2.39 bits per heavy atom. The van der Waals surface area contributed by atoms with Gasteiger partial charge in [0, 0.05) is 11.3 Å². The van der Waals surface area contributed by atoms with Gasteiger partial charge in [-0.15, -0.1) is 24.0 Å². The number of anilines is 1. The summed E-state index contributed by atoms with van der Waals surface area (Å²) >= 11 is 0. The minimum atomic E-state index is 0. The van der Waals surface area contributed by atoms with Crippen molar-refractivity contribution in [1.82, 2.24) is 0 Å². The summed E-state index contributed by atoms with van der Waals surface area (Å²) in [7, 11) is 0. The number of ether oxygens (including phenoxy) is 1. The quantitative estimate of drug-likeness (QED) is 0.428. The Bertz CT molecular complexity index is 654. The van der Waals surface area contributed by atoms with Crippen molar-refractivity contribution < 1.29 is 4.74 Å². The fourth-order valence-corrected chi connectivity index (χ4v) is 2.08. The molecule has 0 saturated heterocycles. The molecule has 124 valence electrons. The number of rotatable bonds is 5. The Morgan fingerprint density at radius 1 is 1.09 bits per heavy atom. The number of halogens is 1. The van der Waals surface area contributed by atoms with Crippen LogP contribution in [-0.4, -0.2) is 12.6 Å². The highest BCUT2D eigenvalue weighted by Gasteiger charge is 2.03. The van der Waals surface area contributed by atoms with Crippen molar-refractivity contribution in [3.63, 3.8) is 0 Å². The van der Waals surface area contributed by atoms with Crippen molar-refractivity contribution in [2.24, 2.45) is 10.7 Å². The van der Waals surface area contributed by atoms with Gasteiger partial charge in [-0.25, -0.2) is 4.99 Å². The summed E-state index contributed by atoms with van der Waals surface area (Å²) in [6.45, 7) is 7.19. The molecule has 0 spiro atoms. The topological polar surface area (TPSA) is 59.6 Å². The van der Waals surface area contributed by atoms with Crippen LogP contribution in [0.15, 0.2) is 47.5 Å². The third kappa shape index (κ3) is 6.09. The lowest BCUT2D eigenvalue weighted by Crippen LogP contribution is -2.22. The number of benzene rings is 2. The first-order valence-corrected chi connectivity index (χ1v) is 7.44. The van der Waals surface area contributed by atoms with Crippen LogP contribution in [0.2, 0.25) is 0 Å². The van der Waals surface area contributed by atoms with Crippen LogP contribution in [0.4, 0.5) is 5.69 Å². The van der Waals surface area contributed by atoms with Gasteiger partial charge >= 0.3 is 0 Å². The van der Waals surface area contributed by atoms with Crippen molar-refractivity contribution >= 4 is 35.6 Å². The van der Waals surface area contributed by atoms with Crippen LogP contribution in [0.5, 0.6) is 5.75 Å². The normalized spacial score (nSPS) is 10.8. The molecule has 0 aliphatic carbocycles. The van der Waals surface area contributed by atoms with Gasteiger partial charge in [-0.2, -0.15) is 0 Å². The molecule has 0 amide bonds. The molecular weight excluding hydrogens is 401 g/mol. The highest BCUT2D eigenvalue weighted by molar-refractivity contribution is 14.0. The average Bonchev–Trinajstić information content (AvgIpc) is 2.49. The zero-order valence-corrected chi connectivity index (χ0v) is 16.1. The molecule has 0 aliphatic rings. The van der Waals surface area contributed by atoms with Crippen LogP contribution >= 0.6 is 24.0 Å². The monoisotopic (exact) mass is 425 g/mol. The first-order valence-electron chi connectivity index (χ1n) is 7.44. The maximum Gasteiger partial charge on any atom is 0.193 e. The maximum absolute atomic E-state index is 5.94. The van der Waals surface area contributed by atoms with E-state index in [0.29, 0.717) is 19.1 Å². The fraction of sp³-hybridized carbons (Fsp3) is 0.278. The summed E-state index contributed by atoms with van der Waals surface area (Å²) in [4.78, 5) is 4.39. The van der Waals surface area contributed by atoms with E-state index in [2.05, 4.69) is 16.4 Å². The molecule has 0 bridgehead atoms. The highest BCUT2D eigenvalue weighted by atomic mass is 127. The molecule has 0 aliphatic heterocycles. The lowest BCUT2D eigenvalue weighted by molar-refractivity contribution is 0.336. The number of nitrogens with one attached hydrogen (secondary N) is 1. The van der Waals surface area contributed by atoms with Crippen LogP contribution in [0.25, 0.3) is 0 Å². The number of aryl methyl sites for hydroxylation is 2. The first kappa shape index (κ1) is 19.3. The summed E-state index contributed by atoms with van der Waals surface area (Å²) in [6.07, 6.45) is 0. The fourth-order valence-electron chi connectivity index (χ4n) is 2.08. The van der Waals surface area contributed by atoms with Gasteiger partial charge in [0.2, 0.25) is 0 Å². The van der Waals surface area contributed by atoms with E-state index in [9.17, 15) is 0 Å². The smallest absolute Gasteiger partial charge is 0.193 e. The van der Waals surface area contributed by atoms with Gasteiger partial charge in [0.1, 0.15) is 5.75 Å². The Labute approximate surface area is 155 Å². The number of nitrogens with two attached hydrogens (primary N) is 1. The van der Waals surface area contributed by atoms with E-state index in [-0.39, 0.29) is 24.0 Å². The van der Waals surface area contributed by atoms with Gasteiger partial charge in [0.25, 0.3) is 0 Å². The molecule has 0 unspecified atom stereocenters. The standard InChI is InChI=1S/C18H23N3O.HI/c1-4-22-17-11-14(3)5-8-15(17)12-20-18(19)21-16-9-6-13(2)7-10-16;/h5-11H,4,12H2,1-3H3,(H3,19,20,21);1H. The summed E-state index contributed by atoms with van der Waals surface area (Å²) in [5.74, 6) is 1.27. The van der Waals surface area contributed by atoms with E-state index in [1.807, 2.05) is 57.2 Å². The number of guanidine groups is 1. The van der Waals surface area contributed by atoms with Gasteiger partial charge in [0.15, 0.2) is 5.96 Å².